The molecule has 0 N–H and O–H groups in total. The van der Waals surface area contributed by atoms with Crippen LogP contribution in [-0.2, 0) is 0 Å². The predicted molar refractivity (Wildman–Crippen MR) is 33.4 cm³/mol. The third kappa shape index (κ3) is 0.855. The molecule has 0 radical (unpaired) electrons. The fourth-order valence-electron chi connectivity index (χ4n) is 1.70. The Kier molecular flexibility index (Phi) is 1.99. The summed E-state index contributed by atoms with van der Waals surface area (Å²) in [5.74, 6) is 1.57. The number of hydrogen-bond donors (Lipinski definition) is 0. The van der Waals surface area contributed by atoms with Crippen LogP contribution in [0.4, 0.5) is 0 Å². The molecule has 10 heavy (non-hydrogen) atoms. The SMILES string of the molecule is C[C@H]1[C@H]2C=C[C@@H]1C([O-])=C2.[Li+]. The molecule has 1 nitrogen and oxygen atoms in total. The van der Waals surface area contributed by atoms with Crippen LogP contribution in [0.1, 0.15) is 6.92 Å². The van der Waals surface area contributed by atoms with E-state index in [9.17, 15) is 5.11 Å². The Labute approximate surface area is 73.0 Å². The van der Waals surface area contributed by atoms with Crippen LogP contribution in [-0.4, -0.2) is 0 Å². The number of hydrogen-bond acceptors (Lipinski definition) is 1. The van der Waals surface area contributed by atoms with E-state index in [0.29, 0.717) is 17.6 Å². The average Bonchev–Trinajstić information content (AvgIpc) is 2.25. The van der Waals surface area contributed by atoms with Crippen LogP contribution in [0.3, 0.4) is 0 Å². The van der Waals surface area contributed by atoms with Gasteiger partial charge in [0.1, 0.15) is 0 Å². The molecular formula is C8H9LiO. The molecule has 48 valence electrons. The first-order chi connectivity index (χ1) is 4.29. The monoisotopic (exact) mass is 128 g/mol. The first-order valence-corrected chi connectivity index (χ1v) is 3.36. The number of fused-ring (bicyclic) bond motifs is 2. The predicted octanol–water partition coefficient (Wildman–Crippen LogP) is -2.31. The third-order valence-corrected chi connectivity index (χ3v) is 2.40. The second-order valence-corrected chi connectivity index (χ2v) is 2.92. The van der Waals surface area contributed by atoms with Crippen molar-refractivity contribution >= 4 is 0 Å². The second-order valence-electron chi connectivity index (χ2n) is 2.92. The molecule has 0 fully saturated rings. The third-order valence-electron chi connectivity index (χ3n) is 2.40. The Morgan fingerprint density at radius 2 is 2.10 bits per heavy atom. The van der Waals surface area contributed by atoms with Crippen molar-refractivity contribution < 1.29 is 24.0 Å². The van der Waals surface area contributed by atoms with E-state index < -0.39 is 0 Å². The van der Waals surface area contributed by atoms with Gasteiger partial charge in [-0.05, 0) is 17.8 Å². The zero-order valence-electron chi connectivity index (χ0n) is 6.37. The van der Waals surface area contributed by atoms with Gasteiger partial charge in [-0.1, -0.05) is 25.2 Å². The Morgan fingerprint density at radius 1 is 1.40 bits per heavy atom. The Bertz CT molecular complexity index is 195. The van der Waals surface area contributed by atoms with Crippen LogP contribution < -0.4 is 24.0 Å². The summed E-state index contributed by atoms with van der Waals surface area (Å²) in [4.78, 5) is 0. The Balaban J connectivity index is 0.000000500. The molecular weight excluding hydrogens is 119 g/mol. The molecule has 2 aliphatic rings. The molecule has 0 saturated heterocycles. The van der Waals surface area contributed by atoms with Gasteiger partial charge in [0.05, 0.1) is 0 Å². The maximum atomic E-state index is 10.9. The second kappa shape index (κ2) is 2.49. The average molecular weight is 128 g/mol. The topological polar surface area (TPSA) is 23.1 Å². The number of rotatable bonds is 0. The van der Waals surface area contributed by atoms with E-state index in [1.807, 2.05) is 12.2 Å². The van der Waals surface area contributed by atoms with E-state index >= 15 is 0 Å². The molecule has 2 bridgehead atoms. The Morgan fingerprint density at radius 3 is 2.30 bits per heavy atom. The van der Waals surface area contributed by atoms with Gasteiger partial charge in [-0.25, -0.2) is 0 Å². The number of allylic oxidation sites excluding steroid dienone is 3. The van der Waals surface area contributed by atoms with Gasteiger partial charge in [-0.3, -0.25) is 0 Å². The van der Waals surface area contributed by atoms with Gasteiger partial charge < -0.3 is 5.11 Å². The zero-order valence-corrected chi connectivity index (χ0v) is 6.37. The van der Waals surface area contributed by atoms with Crippen molar-refractivity contribution in [3.8, 4) is 0 Å². The molecule has 2 heteroatoms. The molecule has 0 saturated carbocycles. The molecule has 0 aromatic heterocycles. The zero-order chi connectivity index (χ0) is 6.43. The molecule has 0 unspecified atom stereocenters. The van der Waals surface area contributed by atoms with Gasteiger partial charge in [0, 0.05) is 0 Å². The molecule has 3 atom stereocenters. The summed E-state index contributed by atoms with van der Waals surface area (Å²) in [6.45, 7) is 2.14. The fraction of sp³-hybridized carbons (Fsp3) is 0.500. The summed E-state index contributed by atoms with van der Waals surface area (Å²) in [7, 11) is 0. The maximum Gasteiger partial charge on any atom is 1.00 e. The van der Waals surface area contributed by atoms with Crippen molar-refractivity contribution in [1.82, 2.24) is 0 Å². The smallest absolute Gasteiger partial charge is 0.875 e. The van der Waals surface area contributed by atoms with E-state index in [2.05, 4.69) is 13.0 Å². The van der Waals surface area contributed by atoms with Gasteiger partial charge >= 0.3 is 18.9 Å². The summed E-state index contributed by atoms with van der Waals surface area (Å²) in [5, 5.41) is 10.9. The first kappa shape index (κ1) is 7.98. The van der Waals surface area contributed by atoms with Crippen molar-refractivity contribution in [3.05, 3.63) is 24.0 Å². The van der Waals surface area contributed by atoms with Crippen LogP contribution in [0.25, 0.3) is 0 Å². The van der Waals surface area contributed by atoms with E-state index in [4.69, 9.17) is 0 Å². The van der Waals surface area contributed by atoms with Gasteiger partial charge in [0.2, 0.25) is 0 Å². The van der Waals surface area contributed by atoms with E-state index in [1.165, 1.54) is 0 Å². The van der Waals surface area contributed by atoms with Crippen LogP contribution in [0.15, 0.2) is 24.0 Å². The van der Waals surface area contributed by atoms with Gasteiger partial charge in [0.25, 0.3) is 0 Å². The first-order valence-electron chi connectivity index (χ1n) is 3.36. The minimum absolute atomic E-state index is 0. The standard InChI is InChI=1S/C8H10O.Li/c1-5-6-2-3-7(5)8(9)4-6;/h2-7,9H,1H3;/q;+1/p-1/t5-,6-,7-;/m0./s1. The van der Waals surface area contributed by atoms with Gasteiger partial charge in [-0.2, -0.15) is 0 Å². The van der Waals surface area contributed by atoms with Gasteiger partial charge in [0.15, 0.2) is 0 Å². The molecule has 0 spiro atoms. The molecule has 0 amide bonds. The molecule has 0 heterocycles. The summed E-state index contributed by atoms with van der Waals surface area (Å²) in [5.41, 5.74) is 0. The van der Waals surface area contributed by atoms with Crippen molar-refractivity contribution in [1.29, 1.82) is 0 Å². The van der Waals surface area contributed by atoms with E-state index in [-0.39, 0.29) is 24.8 Å². The van der Waals surface area contributed by atoms with Crippen LogP contribution in [0, 0.1) is 17.8 Å². The summed E-state index contributed by atoms with van der Waals surface area (Å²) in [6, 6.07) is 0. The van der Waals surface area contributed by atoms with Crippen molar-refractivity contribution in [2.75, 3.05) is 0 Å². The van der Waals surface area contributed by atoms with Gasteiger partial charge in [-0.15, -0.1) is 5.76 Å². The van der Waals surface area contributed by atoms with Crippen LogP contribution >= 0.6 is 0 Å². The quantitative estimate of drug-likeness (QED) is 0.265. The minimum atomic E-state index is 0. The summed E-state index contributed by atoms with van der Waals surface area (Å²) < 4.78 is 0. The van der Waals surface area contributed by atoms with Crippen molar-refractivity contribution in [2.45, 2.75) is 6.92 Å². The largest absolute Gasteiger partial charge is 1.00 e. The van der Waals surface area contributed by atoms with E-state index in [0.717, 1.165) is 0 Å². The minimum Gasteiger partial charge on any atom is -0.875 e. The molecule has 0 aromatic rings. The van der Waals surface area contributed by atoms with E-state index in [1.54, 1.807) is 0 Å². The molecule has 2 aliphatic carbocycles. The normalized spacial score (nSPS) is 41.3. The summed E-state index contributed by atoms with van der Waals surface area (Å²) >= 11 is 0. The molecule has 0 aromatic carbocycles. The molecule has 2 rings (SSSR count). The van der Waals surface area contributed by atoms with Crippen LogP contribution in [0.2, 0.25) is 0 Å². The fourth-order valence-corrected chi connectivity index (χ4v) is 1.70. The van der Waals surface area contributed by atoms with Crippen LogP contribution in [0.5, 0.6) is 0 Å². The van der Waals surface area contributed by atoms with Crippen molar-refractivity contribution in [2.24, 2.45) is 17.8 Å². The molecule has 0 aliphatic heterocycles. The maximum absolute atomic E-state index is 10.9. The summed E-state index contributed by atoms with van der Waals surface area (Å²) in [6.07, 6.45) is 6.02. The Hall–Kier alpha value is -0.123. The van der Waals surface area contributed by atoms with Crippen molar-refractivity contribution in [3.63, 3.8) is 0 Å².